The molecule has 0 unspecified atom stereocenters. The molecule has 4 amide bonds. The lowest BCUT2D eigenvalue weighted by atomic mass is 9.89. The van der Waals surface area contributed by atoms with E-state index >= 15 is 0 Å². The summed E-state index contributed by atoms with van der Waals surface area (Å²) in [5.41, 5.74) is 5.14. The third-order valence-corrected chi connectivity index (χ3v) is 16.0. The molecule has 7 rings (SSSR count). The normalized spacial score (nSPS) is 17.3. The van der Waals surface area contributed by atoms with Gasteiger partial charge in [0, 0.05) is 63.2 Å². The predicted molar refractivity (Wildman–Crippen MR) is 280 cm³/mol. The molecule has 4 heterocycles. The van der Waals surface area contributed by atoms with Gasteiger partial charge in [0.1, 0.15) is 28.7 Å². The number of alkyl halides is 1. The Hall–Kier alpha value is -5.04. The van der Waals surface area contributed by atoms with Crippen LogP contribution in [-0.2, 0) is 20.9 Å². The van der Waals surface area contributed by atoms with Crippen LogP contribution < -0.4 is 26.0 Å². The van der Waals surface area contributed by atoms with E-state index in [4.69, 9.17) is 16.3 Å². The van der Waals surface area contributed by atoms with E-state index in [9.17, 15) is 23.6 Å². The van der Waals surface area contributed by atoms with Crippen molar-refractivity contribution >= 4 is 75.8 Å². The van der Waals surface area contributed by atoms with Crippen LogP contribution in [0.25, 0.3) is 10.4 Å². The molecule has 2 atom stereocenters. The number of hydrogen-bond acceptors (Lipinski definition) is 13. The zero-order valence-electron chi connectivity index (χ0n) is 42.0. The number of amides is 4. The second-order valence-corrected chi connectivity index (χ2v) is 22.0. The average Bonchev–Trinajstić information content (AvgIpc) is 4.03. The maximum atomic E-state index is 14.3. The Bertz CT molecular complexity index is 2450. The Morgan fingerprint density at radius 3 is 2.31 bits per heavy atom. The summed E-state index contributed by atoms with van der Waals surface area (Å²) in [6, 6.07) is 9.94. The molecule has 1 aliphatic carbocycles. The van der Waals surface area contributed by atoms with Gasteiger partial charge in [-0.2, -0.15) is 16.7 Å². The Morgan fingerprint density at radius 2 is 1.69 bits per heavy atom. The summed E-state index contributed by atoms with van der Waals surface area (Å²) in [7, 11) is 3.33. The molecular weight excluding hydrogens is 951 g/mol. The summed E-state index contributed by atoms with van der Waals surface area (Å²) < 4.78 is 19.1. The fourth-order valence-electron chi connectivity index (χ4n) is 9.04. The molecule has 2 aromatic carbocycles. The van der Waals surface area contributed by atoms with E-state index in [2.05, 4.69) is 47.2 Å². The molecule has 2 aromatic heterocycles. The SMILES string of the molecule is CNc1nc(Nc2ccc(C(=O)N3CCN(CC4CCCCC4)CC3)cc2OC)ncc1Cl.CSC(C)(C)[C@H](NC(=O)C(C)(C)F)C(=O)N1CCC[C@H]1C(=O)NCc1ccc(-c2scnc2C)cc1C. The van der Waals surface area contributed by atoms with Crippen molar-refractivity contribution in [3.05, 3.63) is 75.5 Å². The van der Waals surface area contributed by atoms with Gasteiger partial charge >= 0.3 is 0 Å². The second-order valence-electron chi connectivity index (χ2n) is 19.3. The van der Waals surface area contributed by atoms with Crippen LogP contribution in [0, 0.1) is 19.8 Å². The predicted octanol–water partition coefficient (Wildman–Crippen LogP) is 8.67. The first-order chi connectivity index (χ1) is 33.3. The number of anilines is 3. The summed E-state index contributed by atoms with van der Waals surface area (Å²) in [6.45, 7) is 15.3. The van der Waals surface area contributed by atoms with Crippen molar-refractivity contribution in [2.75, 3.05) is 70.3 Å². The molecule has 1 saturated carbocycles. The van der Waals surface area contributed by atoms with Crippen molar-refractivity contribution in [2.45, 2.75) is 116 Å². The number of nitrogens with one attached hydrogen (secondary N) is 4. The highest BCUT2D eigenvalue weighted by molar-refractivity contribution is 8.00. The number of carbonyl (C=O) groups is 4. The molecule has 4 N–H and O–H groups in total. The number of thioether (sulfide) groups is 1. The molecule has 2 aliphatic heterocycles. The summed E-state index contributed by atoms with van der Waals surface area (Å²) in [6.07, 6.45) is 11.4. The van der Waals surface area contributed by atoms with Gasteiger partial charge in [0.05, 0.1) is 35.1 Å². The molecule has 0 spiro atoms. The highest BCUT2D eigenvalue weighted by Gasteiger charge is 2.45. The summed E-state index contributed by atoms with van der Waals surface area (Å²) in [5, 5.41) is 12.1. The van der Waals surface area contributed by atoms with E-state index in [0.29, 0.717) is 59.7 Å². The molecule has 15 nitrogen and oxygen atoms in total. The van der Waals surface area contributed by atoms with E-state index in [1.807, 2.05) is 68.6 Å². The van der Waals surface area contributed by atoms with Crippen LogP contribution in [-0.4, -0.2) is 135 Å². The number of nitrogens with zero attached hydrogens (tertiary/aromatic N) is 6. The third kappa shape index (κ3) is 13.9. The fraction of sp³-hybridized carbons (Fsp3) is 0.549. The number of rotatable bonds is 16. The van der Waals surface area contributed by atoms with Crippen molar-refractivity contribution in [1.82, 2.24) is 40.3 Å². The van der Waals surface area contributed by atoms with Crippen LogP contribution in [0.1, 0.15) is 99.8 Å². The molecule has 0 radical (unpaired) electrons. The van der Waals surface area contributed by atoms with Crippen LogP contribution in [0.4, 0.5) is 21.8 Å². The third-order valence-electron chi connectivity index (χ3n) is 13.5. The van der Waals surface area contributed by atoms with Crippen molar-refractivity contribution in [3.8, 4) is 16.2 Å². The van der Waals surface area contributed by atoms with E-state index in [1.54, 1.807) is 31.6 Å². The van der Waals surface area contributed by atoms with E-state index in [0.717, 1.165) is 73.2 Å². The first kappa shape index (κ1) is 54.3. The van der Waals surface area contributed by atoms with Gasteiger partial charge in [0.2, 0.25) is 17.8 Å². The fourth-order valence-corrected chi connectivity index (χ4v) is 10.4. The van der Waals surface area contributed by atoms with E-state index in [1.165, 1.54) is 61.5 Å². The number of thiazole rings is 1. The number of aryl methyl sites for hydroxylation is 2. The summed E-state index contributed by atoms with van der Waals surface area (Å²) in [4.78, 5) is 72.4. The number of ether oxygens (including phenoxy) is 1. The van der Waals surface area contributed by atoms with Gasteiger partial charge < -0.3 is 35.8 Å². The van der Waals surface area contributed by atoms with E-state index < -0.39 is 28.4 Å². The highest BCUT2D eigenvalue weighted by atomic mass is 35.5. The van der Waals surface area contributed by atoms with Crippen molar-refractivity contribution < 1.29 is 28.3 Å². The van der Waals surface area contributed by atoms with Crippen LogP contribution in [0.5, 0.6) is 5.75 Å². The Kier molecular flexibility index (Phi) is 18.9. The lowest BCUT2D eigenvalue weighted by Crippen LogP contribution is -2.61. The molecule has 2 saturated heterocycles. The first-order valence-corrected chi connectivity index (χ1v) is 26.6. The monoisotopic (exact) mass is 1020 g/mol. The summed E-state index contributed by atoms with van der Waals surface area (Å²) in [5.74, 6) is 0.900. The van der Waals surface area contributed by atoms with Crippen LogP contribution >= 0.6 is 34.7 Å². The standard InChI is InChI=1S/C27H37FN4O3S2.C24H33ClN6O2/c1-16-13-18(21-17(2)30-15-37-21)10-11-19(16)14-29-23(33)20-9-8-12-32(20)24(34)22(27(5,6)36-7)31-25(35)26(3,4)28;1-26-22-19(25)15-27-24(29-22)28-20-9-8-18(14-21(20)33-2)23(32)31-12-10-30(11-13-31)16-17-6-4-3-5-7-17/h10-11,13,15,20,22H,8-9,12,14H2,1-7H3,(H,29,33)(H,31,35);8-9,14-15,17H,3-7,10-13,16H2,1-2H3,(H2,26,27,28,29)/t20-,22+;/m0./s1. The Morgan fingerprint density at radius 1 is 0.957 bits per heavy atom. The number of hydrogen-bond donors (Lipinski definition) is 4. The molecule has 3 aliphatic rings. The number of aromatic nitrogens is 3. The minimum absolute atomic E-state index is 0.0392. The summed E-state index contributed by atoms with van der Waals surface area (Å²) >= 11 is 9.06. The van der Waals surface area contributed by atoms with Crippen molar-refractivity contribution in [2.24, 2.45) is 5.92 Å². The molecular formula is C51H70ClFN10O5S2. The number of carbonyl (C=O) groups excluding carboxylic acids is 4. The number of piperazine rings is 1. The zero-order chi connectivity index (χ0) is 50.8. The lowest BCUT2D eigenvalue weighted by Gasteiger charge is -2.37. The number of halogens is 2. The van der Waals surface area contributed by atoms with Gasteiger partial charge in [0.15, 0.2) is 5.67 Å². The lowest BCUT2D eigenvalue weighted by molar-refractivity contribution is -0.143. The Labute approximate surface area is 425 Å². The van der Waals surface area contributed by atoms with Crippen LogP contribution in [0.2, 0.25) is 5.02 Å². The van der Waals surface area contributed by atoms with Gasteiger partial charge in [-0.15, -0.1) is 11.3 Å². The number of methoxy groups -OCH3 is 1. The first-order valence-electron chi connectivity index (χ1n) is 24.1. The molecule has 4 aromatic rings. The highest BCUT2D eigenvalue weighted by Crippen LogP contribution is 2.33. The zero-order valence-corrected chi connectivity index (χ0v) is 44.4. The van der Waals surface area contributed by atoms with Gasteiger partial charge in [-0.3, -0.25) is 24.1 Å². The van der Waals surface area contributed by atoms with E-state index in [-0.39, 0.29) is 17.7 Å². The number of benzene rings is 2. The van der Waals surface area contributed by atoms with Crippen molar-refractivity contribution in [3.63, 3.8) is 0 Å². The molecule has 0 bridgehead atoms. The van der Waals surface area contributed by atoms with Crippen LogP contribution in [0.15, 0.2) is 48.1 Å². The van der Waals surface area contributed by atoms with Gasteiger partial charge in [-0.1, -0.05) is 49.1 Å². The minimum Gasteiger partial charge on any atom is -0.495 e. The van der Waals surface area contributed by atoms with Crippen molar-refractivity contribution in [1.29, 1.82) is 0 Å². The maximum Gasteiger partial charge on any atom is 0.257 e. The second kappa shape index (κ2) is 24.4. The quantitative estimate of drug-likeness (QED) is 0.0843. The molecule has 70 heavy (non-hydrogen) atoms. The molecule has 19 heteroatoms. The van der Waals surface area contributed by atoms with Gasteiger partial charge in [0.25, 0.3) is 11.8 Å². The average molecular weight is 1020 g/mol. The maximum absolute atomic E-state index is 14.3. The smallest absolute Gasteiger partial charge is 0.257 e. The Balaban J connectivity index is 0.000000231. The van der Waals surface area contributed by atoms with Gasteiger partial charge in [-0.05, 0) is 114 Å². The van der Waals surface area contributed by atoms with Gasteiger partial charge in [-0.25, -0.2) is 14.4 Å². The molecule has 380 valence electrons. The van der Waals surface area contributed by atoms with Crippen LogP contribution in [0.3, 0.4) is 0 Å². The minimum atomic E-state index is -2.12. The molecule has 3 fully saturated rings. The largest absolute Gasteiger partial charge is 0.495 e. The number of likely N-dealkylation sites (tertiary alicyclic amines) is 1. The topological polar surface area (TPSA) is 174 Å².